The maximum Gasteiger partial charge on any atom is 0.320 e. The lowest BCUT2D eigenvalue weighted by atomic mass is 10.0. The van der Waals surface area contributed by atoms with E-state index >= 15 is 0 Å². The number of carbonyl (C=O) groups excluding carboxylic acids is 4. The number of likely N-dealkylation sites (tertiary alicyclic amines) is 3. The van der Waals surface area contributed by atoms with Gasteiger partial charge in [-0.3, -0.25) is 14.4 Å². The molecule has 4 aliphatic rings. The van der Waals surface area contributed by atoms with Gasteiger partial charge in [-0.05, 0) is 69.3 Å². The van der Waals surface area contributed by atoms with E-state index in [1.165, 1.54) is 0 Å². The van der Waals surface area contributed by atoms with Crippen LogP contribution in [0.3, 0.4) is 0 Å². The number of nitrogens with zero attached hydrogens (tertiary/aromatic N) is 5. The zero-order chi connectivity index (χ0) is 28.2. The van der Waals surface area contributed by atoms with Crippen molar-refractivity contribution in [2.45, 2.75) is 57.5 Å². The van der Waals surface area contributed by atoms with Crippen molar-refractivity contribution in [3.05, 3.63) is 29.8 Å². The molecule has 4 saturated heterocycles. The highest BCUT2D eigenvalue weighted by Crippen LogP contribution is 2.32. The van der Waals surface area contributed by atoms with Crippen molar-refractivity contribution in [2.75, 3.05) is 70.9 Å². The van der Waals surface area contributed by atoms with Gasteiger partial charge in [-0.2, -0.15) is 0 Å². The summed E-state index contributed by atoms with van der Waals surface area (Å²) >= 11 is 0. The summed E-state index contributed by atoms with van der Waals surface area (Å²) in [5.74, 6) is -0.110. The molecule has 218 valence electrons. The number of anilines is 1. The van der Waals surface area contributed by atoms with Crippen molar-refractivity contribution < 1.29 is 19.2 Å². The number of urea groups is 1. The van der Waals surface area contributed by atoms with Crippen LogP contribution in [0.1, 0.15) is 55.8 Å². The third-order valence-electron chi connectivity index (χ3n) is 9.06. The second-order valence-corrected chi connectivity index (χ2v) is 12.0. The molecule has 4 amide bonds. The molecule has 0 spiro atoms. The summed E-state index contributed by atoms with van der Waals surface area (Å²) in [5.41, 5.74) is 1.77. The van der Waals surface area contributed by atoms with E-state index in [1.807, 2.05) is 36.1 Å². The molecule has 5 rings (SSSR count). The number of hydrogen-bond acceptors (Lipinski definition) is 6. The van der Waals surface area contributed by atoms with Gasteiger partial charge in [0, 0.05) is 70.0 Å². The number of Topliss-reactive ketones (excluding diaryl/α,β-unsaturated/α-hetero) is 1. The Balaban J connectivity index is 1.06. The van der Waals surface area contributed by atoms with E-state index in [2.05, 4.69) is 22.2 Å². The first-order valence-corrected chi connectivity index (χ1v) is 15.0. The predicted molar refractivity (Wildman–Crippen MR) is 153 cm³/mol. The number of fused-ring (bicyclic) bond motifs is 1. The number of piperidine rings is 1. The summed E-state index contributed by atoms with van der Waals surface area (Å²) < 4.78 is 0. The highest BCUT2D eigenvalue weighted by Gasteiger charge is 2.52. The smallest absolute Gasteiger partial charge is 0.320 e. The van der Waals surface area contributed by atoms with Crippen LogP contribution in [0.15, 0.2) is 24.3 Å². The Morgan fingerprint density at radius 1 is 0.925 bits per heavy atom. The highest BCUT2D eigenvalue weighted by atomic mass is 16.2. The fourth-order valence-corrected chi connectivity index (χ4v) is 6.57. The number of nitrogens with one attached hydrogen (secondary N) is 1. The first kappa shape index (κ1) is 28.4. The van der Waals surface area contributed by atoms with E-state index in [0.29, 0.717) is 37.9 Å². The van der Waals surface area contributed by atoms with Crippen molar-refractivity contribution in [1.82, 2.24) is 24.9 Å². The molecule has 4 fully saturated rings. The minimum atomic E-state index is -0.512. The SMILES string of the molecule is CC(CCNC(=O)c1ccc(N2CCN(C)CC2)cc1)CC(=O)N1CCC2C1C(=O)CN2C(=O)N1CCCCC1. The first-order chi connectivity index (χ1) is 19.3. The molecule has 3 unspecified atom stereocenters. The van der Waals surface area contributed by atoms with Crippen LogP contribution in [0.2, 0.25) is 0 Å². The van der Waals surface area contributed by atoms with Crippen molar-refractivity contribution in [3.8, 4) is 0 Å². The molecule has 0 radical (unpaired) electrons. The minimum absolute atomic E-state index is 0.0280. The Bertz CT molecular complexity index is 1080. The lowest BCUT2D eigenvalue weighted by Crippen LogP contribution is -2.49. The lowest BCUT2D eigenvalue weighted by Gasteiger charge is -2.34. The predicted octanol–water partition coefficient (Wildman–Crippen LogP) is 2.04. The van der Waals surface area contributed by atoms with E-state index in [4.69, 9.17) is 0 Å². The second kappa shape index (κ2) is 12.6. The van der Waals surface area contributed by atoms with Crippen molar-refractivity contribution in [1.29, 1.82) is 0 Å². The Morgan fingerprint density at radius 3 is 2.33 bits per heavy atom. The van der Waals surface area contributed by atoms with Crippen LogP contribution < -0.4 is 10.2 Å². The summed E-state index contributed by atoms with van der Waals surface area (Å²) in [6.45, 7) is 8.65. The van der Waals surface area contributed by atoms with Gasteiger partial charge in [0.25, 0.3) is 5.91 Å². The topological polar surface area (TPSA) is 96.5 Å². The van der Waals surface area contributed by atoms with Crippen LogP contribution in [0.25, 0.3) is 0 Å². The lowest BCUT2D eigenvalue weighted by molar-refractivity contribution is -0.137. The first-order valence-electron chi connectivity index (χ1n) is 15.0. The number of likely N-dealkylation sites (N-methyl/N-ethyl adjacent to an activating group) is 1. The number of hydrogen-bond donors (Lipinski definition) is 1. The van der Waals surface area contributed by atoms with Gasteiger partial charge in [0.15, 0.2) is 5.78 Å². The van der Waals surface area contributed by atoms with Gasteiger partial charge in [0.05, 0.1) is 12.6 Å². The van der Waals surface area contributed by atoms with Crippen LogP contribution in [0.5, 0.6) is 0 Å². The average molecular weight is 553 g/mol. The molecule has 1 aromatic rings. The van der Waals surface area contributed by atoms with E-state index in [-0.39, 0.29) is 42.1 Å². The minimum Gasteiger partial charge on any atom is -0.369 e. The van der Waals surface area contributed by atoms with Crippen molar-refractivity contribution in [2.24, 2.45) is 5.92 Å². The van der Waals surface area contributed by atoms with Crippen LogP contribution >= 0.6 is 0 Å². The zero-order valence-corrected chi connectivity index (χ0v) is 24.0. The zero-order valence-electron chi connectivity index (χ0n) is 24.0. The summed E-state index contributed by atoms with van der Waals surface area (Å²) in [7, 11) is 2.13. The summed E-state index contributed by atoms with van der Waals surface area (Å²) in [5, 5.41) is 2.98. The van der Waals surface area contributed by atoms with Gasteiger partial charge in [0.2, 0.25) is 5.91 Å². The van der Waals surface area contributed by atoms with E-state index < -0.39 is 6.04 Å². The molecular weight excluding hydrogens is 508 g/mol. The molecule has 10 nitrogen and oxygen atoms in total. The van der Waals surface area contributed by atoms with Gasteiger partial charge < -0.3 is 29.8 Å². The Kier molecular flexibility index (Phi) is 8.93. The summed E-state index contributed by atoms with van der Waals surface area (Å²) in [6.07, 6.45) is 4.81. The van der Waals surface area contributed by atoms with Gasteiger partial charge >= 0.3 is 6.03 Å². The molecular formula is C30H44N6O4. The number of amides is 4. The molecule has 0 aromatic heterocycles. The van der Waals surface area contributed by atoms with Crippen LogP contribution in [0, 0.1) is 5.92 Å². The third kappa shape index (κ3) is 6.27. The van der Waals surface area contributed by atoms with Gasteiger partial charge in [-0.25, -0.2) is 4.79 Å². The molecule has 0 saturated carbocycles. The van der Waals surface area contributed by atoms with E-state index in [9.17, 15) is 19.2 Å². The number of carbonyl (C=O) groups is 4. The Hall–Kier alpha value is -3.14. The molecule has 10 heteroatoms. The maximum atomic E-state index is 13.2. The second-order valence-electron chi connectivity index (χ2n) is 12.0. The standard InChI is InChI=1S/C30H44N6O4/c1-22(10-12-31-29(39)23-6-8-24(9-7-23)33-18-16-32(2)17-19-33)20-27(38)35-15-11-25-28(35)26(37)21-36(25)30(40)34-13-4-3-5-14-34/h6-9,22,25,28H,3-5,10-21H2,1-2H3,(H,31,39). The van der Waals surface area contributed by atoms with Crippen LogP contribution in [-0.4, -0.2) is 121 Å². The average Bonchev–Trinajstić information content (AvgIpc) is 3.55. The van der Waals surface area contributed by atoms with E-state index in [0.717, 1.165) is 64.2 Å². The van der Waals surface area contributed by atoms with E-state index in [1.54, 1.807) is 9.80 Å². The van der Waals surface area contributed by atoms with Gasteiger partial charge in [-0.1, -0.05) is 6.92 Å². The molecule has 0 bridgehead atoms. The Morgan fingerprint density at radius 2 is 1.62 bits per heavy atom. The molecule has 3 atom stereocenters. The molecule has 4 aliphatic heterocycles. The monoisotopic (exact) mass is 552 g/mol. The molecule has 1 N–H and O–H groups in total. The van der Waals surface area contributed by atoms with Crippen molar-refractivity contribution >= 4 is 29.3 Å². The number of benzene rings is 1. The summed E-state index contributed by atoms with van der Waals surface area (Å²) in [4.78, 5) is 61.8. The van der Waals surface area contributed by atoms with Gasteiger partial charge in [-0.15, -0.1) is 0 Å². The highest BCUT2D eigenvalue weighted by molar-refractivity contribution is 5.97. The molecule has 0 aliphatic carbocycles. The maximum absolute atomic E-state index is 13.2. The summed E-state index contributed by atoms with van der Waals surface area (Å²) in [6, 6.07) is 7.00. The molecule has 40 heavy (non-hydrogen) atoms. The molecule has 4 heterocycles. The van der Waals surface area contributed by atoms with Crippen molar-refractivity contribution in [3.63, 3.8) is 0 Å². The number of piperazine rings is 1. The van der Waals surface area contributed by atoms with Gasteiger partial charge in [0.1, 0.15) is 6.04 Å². The third-order valence-corrected chi connectivity index (χ3v) is 9.06. The normalized spacial score (nSPS) is 24.3. The fraction of sp³-hybridized carbons (Fsp3) is 0.667. The quantitative estimate of drug-likeness (QED) is 0.556. The fourth-order valence-electron chi connectivity index (χ4n) is 6.57. The Labute approximate surface area is 237 Å². The largest absolute Gasteiger partial charge is 0.369 e. The number of rotatable bonds is 7. The van der Waals surface area contributed by atoms with Crippen LogP contribution in [-0.2, 0) is 9.59 Å². The molecule has 1 aromatic carbocycles. The number of ketones is 1. The van der Waals surface area contributed by atoms with Crippen LogP contribution in [0.4, 0.5) is 10.5 Å².